The van der Waals surface area contributed by atoms with Crippen molar-refractivity contribution in [3.63, 3.8) is 0 Å². The summed E-state index contributed by atoms with van der Waals surface area (Å²) in [6.07, 6.45) is 4.76. The van der Waals surface area contributed by atoms with E-state index in [1.807, 2.05) is 0 Å². The standard InChI is InChI=1S/C20H23ClN2O3S/c1-26-11-5-10-22-19(25)17-15-8-2-3-9-16(15)27-20(17)23-18(24)13-6-4-7-14(21)12-13/h4,6-7,12H,2-3,5,8-11H2,1H3,(H,22,25)(H,23,24). The monoisotopic (exact) mass is 406 g/mol. The maximum atomic E-state index is 12.8. The van der Waals surface area contributed by atoms with Gasteiger partial charge in [-0.05, 0) is 55.9 Å². The van der Waals surface area contributed by atoms with E-state index in [0.29, 0.717) is 34.3 Å². The number of halogens is 1. The average molecular weight is 407 g/mol. The smallest absolute Gasteiger partial charge is 0.256 e. The first kappa shape index (κ1) is 19.9. The summed E-state index contributed by atoms with van der Waals surface area (Å²) in [6, 6.07) is 6.79. The molecule has 1 aromatic carbocycles. The van der Waals surface area contributed by atoms with Crippen LogP contribution in [0.2, 0.25) is 5.02 Å². The molecule has 2 aromatic rings. The first-order chi connectivity index (χ1) is 13.1. The van der Waals surface area contributed by atoms with E-state index in [2.05, 4.69) is 10.6 Å². The van der Waals surface area contributed by atoms with Gasteiger partial charge in [-0.3, -0.25) is 9.59 Å². The third-order valence-corrected chi connectivity index (χ3v) is 5.97. The van der Waals surface area contributed by atoms with Crippen molar-refractivity contribution in [2.75, 3.05) is 25.6 Å². The van der Waals surface area contributed by atoms with E-state index >= 15 is 0 Å². The molecule has 27 heavy (non-hydrogen) atoms. The second kappa shape index (κ2) is 9.35. The Kier molecular flexibility index (Phi) is 6.88. The molecule has 1 aromatic heterocycles. The average Bonchev–Trinajstić information content (AvgIpc) is 3.03. The van der Waals surface area contributed by atoms with Crippen molar-refractivity contribution >= 4 is 39.8 Å². The molecular weight excluding hydrogens is 384 g/mol. The van der Waals surface area contributed by atoms with Gasteiger partial charge in [-0.15, -0.1) is 11.3 Å². The molecule has 0 spiro atoms. The van der Waals surface area contributed by atoms with Crippen LogP contribution in [-0.2, 0) is 17.6 Å². The third kappa shape index (κ3) is 4.89. The molecule has 0 fully saturated rings. The van der Waals surface area contributed by atoms with Gasteiger partial charge in [-0.2, -0.15) is 0 Å². The van der Waals surface area contributed by atoms with Crippen molar-refractivity contribution < 1.29 is 14.3 Å². The molecule has 0 bridgehead atoms. The molecule has 0 atom stereocenters. The minimum Gasteiger partial charge on any atom is -0.385 e. The SMILES string of the molecule is COCCCNC(=O)c1c(NC(=O)c2cccc(Cl)c2)sc2c1CCCC2. The number of benzene rings is 1. The summed E-state index contributed by atoms with van der Waals surface area (Å²) in [7, 11) is 1.64. The lowest BCUT2D eigenvalue weighted by Crippen LogP contribution is -2.27. The number of ether oxygens (including phenoxy) is 1. The van der Waals surface area contributed by atoms with E-state index in [1.54, 1.807) is 31.4 Å². The Labute approximate surface area is 168 Å². The zero-order valence-electron chi connectivity index (χ0n) is 15.3. The number of thiophene rings is 1. The molecule has 7 heteroatoms. The number of rotatable bonds is 7. The normalized spacial score (nSPS) is 13.1. The number of nitrogens with one attached hydrogen (secondary N) is 2. The first-order valence-electron chi connectivity index (χ1n) is 9.08. The number of anilines is 1. The fourth-order valence-electron chi connectivity index (χ4n) is 3.21. The highest BCUT2D eigenvalue weighted by Gasteiger charge is 2.26. The van der Waals surface area contributed by atoms with Gasteiger partial charge in [0.1, 0.15) is 5.00 Å². The molecule has 0 aliphatic heterocycles. The largest absolute Gasteiger partial charge is 0.385 e. The predicted molar refractivity (Wildman–Crippen MR) is 109 cm³/mol. The zero-order chi connectivity index (χ0) is 19.2. The number of aryl methyl sites for hydroxylation is 1. The zero-order valence-corrected chi connectivity index (χ0v) is 16.8. The van der Waals surface area contributed by atoms with Gasteiger partial charge in [0.15, 0.2) is 0 Å². The second-order valence-electron chi connectivity index (χ2n) is 6.48. The summed E-state index contributed by atoms with van der Waals surface area (Å²) in [4.78, 5) is 26.7. The lowest BCUT2D eigenvalue weighted by atomic mass is 9.95. The van der Waals surface area contributed by atoms with Crippen molar-refractivity contribution in [1.82, 2.24) is 5.32 Å². The maximum absolute atomic E-state index is 12.8. The molecule has 5 nitrogen and oxygen atoms in total. The fraction of sp³-hybridized carbons (Fsp3) is 0.400. The van der Waals surface area contributed by atoms with Gasteiger partial charge in [0.05, 0.1) is 5.56 Å². The molecule has 1 aliphatic rings. The molecule has 2 N–H and O–H groups in total. The molecule has 3 rings (SSSR count). The van der Waals surface area contributed by atoms with Gasteiger partial charge in [-0.1, -0.05) is 17.7 Å². The van der Waals surface area contributed by atoms with Crippen LogP contribution in [0.3, 0.4) is 0 Å². The van der Waals surface area contributed by atoms with Crippen LogP contribution in [0.5, 0.6) is 0 Å². The van der Waals surface area contributed by atoms with Crippen LogP contribution in [0, 0.1) is 0 Å². The van der Waals surface area contributed by atoms with E-state index in [4.69, 9.17) is 16.3 Å². The van der Waals surface area contributed by atoms with Crippen molar-refractivity contribution in [3.05, 3.63) is 50.9 Å². The molecule has 0 radical (unpaired) electrons. The Morgan fingerprint density at radius 1 is 1.22 bits per heavy atom. The third-order valence-electron chi connectivity index (χ3n) is 4.52. The molecule has 2 amide bonds. The Balaban J connectivity index is 1.82. The van der Waals surface area contributed by atoms with Crippen LogP contribution in [0.15, 0.2) is 24.3 Å². The number of fused-ring (bicyclic) bond motifs is 1. The maximum Gasteiger partial charge on any atom is 0.256 e. The number of hydrogen-bond acceptors (Lipinski definition) is 4. The van der Waals surface area contributed by atoms with Gasteiger partial charge < -0.3 is 15.4 Å². The van der Waals surface area contributed by atoms with Crippen molar-refractivity contribution in [3.8, 4) is 0 Å². The van der Waals surface area contributed by atoms with Gasteiger partial charge in [0.2, 0.25) is 0 Å². The van der Waals surface area contributed by atoms with Gasteiger partial charge >= 0.3 is 0 Å². The Morgan fingerprint density at radius 2 is 2.04 bits per heavy atom. The molecular formula is C20H23ClN2O3S. The van der Waals surface area contributed by atoms with Crippen LogP contribution < -0.4 is 10.6 Å². The second-order valence-corrected chi connectivity index (χ2v) is 8.02. The highest BCUT2D eigenvalue weighted by molar-refractivity contribution is 7.17. The molecule has 1 heterocycles. The Bertz CT molecular complexity index is 835. The number of carbonyl (C=O) groups excluding carboxylic acids is 2. The topological polar surface area (TPSA) is 67.4 Å². The van der Waals surface area contributed by atoms with Gasteiger partial charge in [-0.25, -0.2) is 0 Å². The minimum absolute atomic E-state index is 0.133. The predicted octanol–water partition coefficient (Wildman–Crippen LogP) is 4.30. The highest BCUT2D eigenvalue weighted by atomic mass is 35.5. The van der Waals surface area contributed by atoms with Crippen LogP contribution in [0.4, 0.5) is 5.00 Å². The Hall–Kier alpha value is -1.89. The summed E-state index contributed by atoms with van der Waals surface area (Å²) in [5.41, 5.74) is 2.17. The van der Waals surface area contributed by atoms with Crippen LogP contribution in [0.1, 0.15) is 50.4 Å². The number of hydrogen-bond donors (Lipinski definition) is 2. The summed E-state index contributed by atoms with van der Waals surface area (Å²) in [6.45, 7) is 1.14. The van der Waals surface area contributed by atoms with Crippen molar-refractivity contribution in [2.24, 2.45) is 0 Å². The fourth-order valence-corrected chi connectivity index (χ4v) is 4.68. The molecule has 0 saturated carbocycles. The van der Waals surface area contributed by atoms with Crippen LogP contribution >= 0.6 is 22.9 Å². The number of methoxy groups -OCH3 is 1. The summed E-state index contributed by atoms with van der Waals surface area (Å²) < 4.78 is 5.02. The van der Waals surface area contributed by atoms with E-state index < -0.39 is 0 Å². The minimum atomic E-state index is -0.260. The lowest BCUT2D eigenvalue weighted by Gasteiger charge is -2.13. The van der Waals surface area contributed by atoms with Crippen LogP contribution in [0.25, 0.3) is 0 Å². The van der Waals surface area contributed by atoms with Crippen molar-refractivity contribution in [1.29, 1.82) is 0 Å². The lowest BCUT2D eigenvalue weighted by molar-refractivity contribution is 0.0948. The molecule has 0 saturated heterocycles. The summed E-state index contributed by atoms with van der Waals surface area (Å²) in [5, 5.41) is 7.00. The summed E-state index contributed by atoms with van der Waals surface area (Å²) >= 11 is 7.50. The summed E-state index contributed by atoms with van der Waals surface area (Å²) in [5.74, 6) is -0.392. The number of carbonyl (C=O) groups is 2. The van der Waals surface area contributed by atoms with Gasteiger partial charge in [0.25, 0.3) is 11.8 Å². The molecule has 144 valence electrons. The molecule has 1 aliphatic carbocycles. The van der Waals surface area contributed by atoms with E-state index in [0.717, 1.165) is 37.7 Å². The van der Waals surface area contributed by atoms with E-state index in [9.17, 15) is 9.59 Å². The number of amides is 2. The Morgan fingerprint density at radius 3 is 2.81 bits per heavy atom. The van der Waals surface area contributed by atoms with Gasteiger partial charge in [0, 0.05) is 35.7 Å². The highest BCUT2D eigenvalue weighted by Crippen LogP contribution is 2.38. The van der Waals surface area contributed by atoms with Crippen molar-refractivity contribution in [2.45, 2.75) is 32.1 Å². The van der Waals surface area contributed by atoms with E-state index in [1.165, 1.54) is 16.2 Å². The van der Waals surface area contributed by atoms with E-state index in [-0.39, 0.29) is 11.8 Å². The quantitative estimate of drug-likeness (QED) is 0.673. The molecule has 0 unspecified atom stereocenters. The first-order valence-corrected chi connectivity index (χ1v) is 10.3. The van der Waals surface area contributed by atoms with Crippen LogP contribution in [-0.4, -0.2) is 32.1 Å².